The number of hydrogen-bond acceptors (Lipinski definition) is 2. The van der Waals surface area contributed by atoms with Crippen molar-refractivity contribution in [1.82, 2.24) is 0 Å². The Labute approximate surface area is 82.3 Å². The van der Waals surface area contributed by atoms with E-state index in [1.54, 1.807) is 7.11 Å². The molecule has 2 nitrogen and oxygen atoms in total. The van der Waals surface area contributed by atoms with Gasteiger partial charge in [0.15, 0.2) is 0 Å². The van der Waals surface area contributed by atoms with Gasteiger partial charge in [-0.15, -0.1) is 0 Å². The minimum absolute atomic E-state index is 0.602. The van der Waals surface area contributed by atoms with E-state index in [9.17, 15) is 0 Å². The second-order valence-electron chi connectivity index (χ2n) is 2.98. The molecule has 0 aliphatic heterocycles. The number of benzene rings is 2. The SMILES string of the molecule is COc1ccc2ccccc2c1C#N. The van der Waals surface area contributed by atoms with E-state index >= 15 is 0 Å². The molecule has 2 rings (SSSR count). The third kappa shape index (κ3) is 1.20. The summed E-state index contributed by atoms with van der Waals surface area (Å²) in [6, 6.07) is 13.7. The Morgan fingerprint density at radius 1 is 1.14 bits per heavy atom. The number of methoxy groups -OCH3 is 1. The summed E-state index contributed by atoms with van der Waals surface area (Å²) in [7, 11) is 1.57. The molecule has 0 aliphatic rings. The minimum atomic E-state index is 0.602. The zero-order valence-electron chi connectivity index (χ0n) is 7.82. The van der Waals surface area contributed by atoms with Crippen LogP contribution in [0.2, 0.25) is 0 Å². The molecule has 0 unspecified atom stereocenters. The van der Waals surface area contributed by atoms with Gasteiger partial charge in [0.25, 0.3) is 0 Å². The van der Waals surface area contributed by atoms with Crippen LogP contribution in [-0.2, 0) is 0 Å². The van der Waals surface area contributed by atoms with Crippen molar-refractivity contribution >= 4 is 10.8 Å². The number of ether oxygens (including phenoxy) is 1. The van der Waals surface area contributed by atoms with Crippen molar-refractivity contribution in [1.29, 1.82) is 5.26 Å². The highest BCUT2D eigenvalue weighted by Crippen LogP contribution is 2.26. The molecule has 0 radical (unpaired) electrons. The van der Waals surface area contributed by atoms with Crippen molar-refractivity contribution in [2.75, 3.05) is 7.11 Å². The average molecular weight is 183 g/mol. The summed E-state index contributed by atoms with van der Waals surface area (Å²) in [5.74, 6) is 0.631. The summed E-state index contributed by atoms with van der Waals surface area (Å²) in [5.41, 5.74) is 0.602. The van der Waals surface area contributed by atoms with Gasteiger partial charge in [0, 0.05) is 5.39 Å². The molecule has 0 bridgehead atoms. The van der Waals surface area contributed by atoms with Crippen LogP contribution in [0.3, 0.4) is 0 Å². The summed E-state index contributed by atoms with van der Waals surface area (Å²) in [5, 5.41) is 11.0. The van der Waals surface area contributed by atoms with Crippen molar-refractivity contribution in [3.8, 4) is 11.8 Å². The molecule has 0 N–H and O–H groups in total. The Morgan fingerprint density at radius 2 is 1.93 bits per heavy atom. The van der Waals surface area contributed by atoms with Gasteiger partial charge in [-0.1, -0.05) is 30.3 Å². The summed E-state index contributed by atoms with van der Waals surface area (Å²) >= 11 is 0. The number of nitriles is 1. The van der Waals surface area contributed by atoms with Crippen LogP contribution in [0.25, 0.3) is 10.8 Å². The van der Waals surface area contributed by atoms with Gasteiger partial charge in [-0.25, -0.2) is 0 Å². The summed E-state index contributed by atoms with van der Waals surface area (Å²) in [4.78, 5) is 0. The van der Waals surface area contributed by atoms with Gasteiger partial charge in [-0.05, 0) is 11.5 Å². The highest BCUT2D eigenvalue weighted by molar-refractivity contribution is 5.90. The fraction of sp³-hybridized carbons (Fsp3) is 0.0833. The Morgan fingerprint density at radius 3 is 2.64 bits per heavy atom. The van der Waals surface area contributed by atoms with Gasteiger partial charge >= 0.3 is 0 Å². The van der Waals surface area contributed by atoms with Crippen LogP contribution in [0, 0.1) is 11.3 Å². The van der Waals surface area contributed by atoms with E-state index in [2.05, 4.69) is 6.07 Å². The standard InChI is InChI=1S/C12H9NO/c1-14-12-7-6-9-4-2-3-5-10(9)11(12)8-13/h2-7H,1H3. The first kappa shape index (κ1) is 8.58. The molecular formula is C12H9NO. The van der Waals surface area contributed by atoms with Crippen LogP contribution in [0.1, 0.15) is 5.56 Å². The van der Waals surface area contributed by atoms with Gasteiger partial charge < -0.3 is 4.74 Å². The van der Waals surface area contributed by atoms with E-state index in [0.29, 0.717) is 11.3 Å². The first-order chi connectivity index (χ1) is 6.86. The van der Waals surface area contributed by atoms with E-state index < -0.39 is 0 Å². The highest BCUT2D eigenvalue weighted by Gasteiger charge is 2.05. The lowest BCUT2D eigenvalue weighted by atomic mass is 10.0. The van der Waals surface area contributed by atoms with Crippen LogP contribution in [0.15, 0.2) is 36.4 Å². The van der Waals surface area contributed by atoms with Gasteiger partial charge in [-0.2, -0.15) is 5.26 Å². The van der Waals surface area contributed by atoms with Crippen LogP contribution < -0.4 is 4.74 Å². The van der Waals surface area contributed by atoms with Crippen molar-refractivity contribution in [2.45, 2.75) is 0 Å². The van der Waals surface area contributed by atoms with Crippen LogP contribution in [0.5, 0.6) is 5.75 Å². The number of rotatable bonds is 1. The first-order valence-electron chi connectivity index (χ1n) is 4.32. The summed E-state index contributed by atoms with van der Waals surface area (Å²) in [6.45, 7) is 0. The zero-order valence-corrected chi connectivity index (χ0v) is 7.82. The molecule has 0 fully saturated rings. The van der Waals surface area contributed by atoms with Gasteiger partial charge in [-0.3, -0.25) is 0 Å². The number of nitrogens with zero attached hydrogens (tertiary/aromatic N) is 1. The largest absolute Gasteiger partial charge is 0.495 e. The predicted octanol–water partition coefficient (Wildman–Crippen LogP) is 2.72. The zero-order chi connectivity index (χ0) is 9.97. The van der Waals surface area contributed by atoms with E-state index in [4.69, 9.17) is 10.00 Å². The van der Waals surface area contributed by atoms with Gasteiger partial charge in [0.2, 0.25) is 0 Å². The smallest absolute Gasteiger partial charge is 0.137 e. The molecule has 2 aromatic carbocycles. The van der Waals surface area contributed by atoms with Gasteiger partial charge in [0.1, 0.15) is 17.4 Å². The minimum Gasteiger partial charge on any atom is -0.495 e. The second kappa shape index (κ2) is 3.39. The van der Waals surface area contributed by atoms with Gasteiger partial charge in [0.05, 0.1) is 7.11 Å². The molecule has 0 aliphatic carbocycles. The lowest BCUT2D eigenvalue weighted by Gasteiger charge is -2.05. The molecule has 0 saturated carbocycles. The van der Waals surface area contributed by atoms with E-state index in [1.807, 2.05) is 36.4 Å². The van der Waals surface area contributed by atoms with Crippen LogP contribution >= 0.6 is 0 Å². The Balaban J connectivity index is 2.85. The van der Waals surface area contributed by atoms with E-state index in [1.165, 1.54) is 0 Å². The van der Waals surface area contributed by atoms with Crippen molar-refractivity contribution in [3.05, 3.63) is 42.0 Å². The number of hydrogen-bond donors (Lipinski definition) is 0. The van der Waals surface area contributed by atoms with Crippen molar-refractivity contribution in [3.63, 3.8) is 0 Å². The first-order valence-corrected chi connectivity index (χ1v) is 4.32. The van der Waals surface area contributed by atoms with Crippen LogP contribution in [0.4, 0.5) is 0 Å². The normalized spacial score (nSPS) is 9.71. The molecule has 0 spiro atoms. The molecule has 0 saturated heterocycles. The molecule has 0 atom stereocenters. The third-order valence-electron chi connectivity index (χ3n) is 2.22. The highest BCUT2D eigenvalue weighted by atomic mass is 16.5. The second-order valence-corrected chi connectivity index (χ2v) is 2.98. The molecule has 2 aromatic rings. The molecule has 0 amide bonds. The molecule has 2 heteroatoms. The molecule has 14 heavy (non-hydrogen) atoms. The van der Waals surface area contributed by atoms with Crippen molar-refractivity contribution in [2.24, 2.45) is 0 Å². The lowest BCUT2D eigenvalue weighted by molar-refractivity contribution is 0.414. The molecule has 0 heterocycles. The van der Waals surface area contributed by atoms with Crippen LogP contribution in [-0.4, -0.2) is 7.11 Å². The predicted molar refractivity (Wildman–Crippen MR) is 55.2 cm³/mol. The fourth-order valence-corrected chi connectivity index (χ4v) is 1.54. The fourth-order valence-electron chi connectivity index (χ4n) is 1.54. The van der Waals surface area contributed by atoms with E-state index in [-0.39, 0.29) is 0 Å². The topological polar surface area (TPSA) is 33.0 Å². The molecule has 0 aromatic heterocycles. The molecular weight excluding hydrogens is 174 g/mol. The summed E-state index contributed by atoms with van der Waals surface area (Å²) in [6.07, 6.45) is 0. The monoisotopic (exact) mass is 183 g/mol. The van der Waals surface area contributed by atoms with Crippen molar-refractivity contribution < 1.29 is 4.74 Å². The quantitative estimate of drug-likeness (QED) is 0.681. The Bertz CT molecular complexity index is 511. The lowest BCUT2D eigenvalue weighted by Crippen LogP contribution is -1.88. The maximum Gasteiger partial charge on any atom is 0.137 e. The van der Waals surface area contributed by atoms with E-state index in [0.717, 1.165) is 10.8 Å². The average Bonchev–Trinajstić information content (AvgIpc) is 2.27. The summed E-state index contributed by atoms with van der Waals surface area (Å²) < 4.78 is 5.12. The molecule has 68 valence electrons. The Kier molecular flexibility index (Phi) is 2.08. The Hall–Kier alpha value is -2.01. The maximum atomic E-state index is 9.02. The maximum absolute atomic E-state index is 9.02. The number of fused-ring (bicyclic) bond motifs is 1. The third-order valence-corrected chi connectivity index (χ3v) is 2.22.